The van der Waals surface area contributed by atoms with E-state index in [0.717, 1.165) is 5.52 Å². The average Bonchev–Trinajstić information content (AvgIpc) is 3.04. The lowest BCUT2D eigenvalue weighted by Crippen LogP contribution is -2.15. The van der Waals surface area contributed by atoms with E-state index in [1.54, 1.807) is 0 Å². The third-order valence-electron chi connectivity index (χ3n) is 6.63. The van der Waals surface area contributed by atoms with Gasteiger partial charge in [-0.3, -0.25) is 9.97 Å². The van der Waals surface area contributed by atoms with Crippen LogP contribution in [0.5, 0.6) is 0 Å². The molecule has 0 saturated heterocycles. The molecule has 0 bridgehead atoms. The van der Waals surface area contributed by atoms with Crippen molar-refractivity contribution in [3.05, 3.63) is 109 Å². The van der Waals surface area contributed by atoms with Crippen LogP contribution >= 0.6 is 0 Å². The smallest absolute Gasteiger partial charge is 0.0705 e. The minimum absolute atomic E-state index is 0.0522. The minimum Gasteiger partial charge on any atom is -0.265 e. The van der Waals surface area contributed by atoms with E-state index < -0.39 is 0 Å². The molecule has 0 aliphatic heterocycles. The third-order valence-corrected chi connectivity index (χ3v) is 6.63. The van der Waals surface area contributed by atoms with Gasteiger partial charge in [0.25, 0.3) is 0 Å². The minimum atomic E-state index is -0.0522. The van der Waals surface area contributed by atoms with Crippen molar-refractivity contribution in [2.24, 2.45) is 0 Å². The maximum absolute atomic E-state index is 4.58. The second kappa shape index (κ2) is 6.61. The van der Waals surface area contributed by atoms with Crippen LogP contribution in [0.3, 0.4) is 0 Å². The van der Waals surface area contributed by atoms with E-state index in [9.17, 15) is 0 Å². The Hall–Kier alpha value is -3.78. The number of pyridine rings is 2. The molecule has 6 rings (SSSR count). The van der Waals surface area contributed by atoms with Crippen LogP contribution in [0.2, 0.25) is 0 Å². The molecule has 0 saturated carbocycles. The second-order valence-corrected chi connectivity index (χ2v) is 8.79. The van der Waals surface area contributed by atoms with Crippen LogP contribution in [-0.2, 0) is 5.41 Å². The summed E-state index contributed by atoms with van der Waals surface area (Å²) in [6, 6.07) is 28.5. The molecule has 2 aromatic heterocycles. The van der Waals surface area contributed by atoms with Crippen LogP contribution in [0.4, 0.5) is 0 Å². The van der Waals surface area contributed by atoms with Crippen LogP contribution in [0.15, 0.2) is 97.5 Å². The highest BCUT2D eigenvalue weighted by Crippen LogP contribution is 2.50. The number of hydrogen-bond acceptors (Lipinski definition) is 2. The number of benzene rings is 3. The van der Waals surface area contributed by atoms with Crippen molar-refractivity contribution in [1.29, 1.82) is 0 Å². The zero-order valence-electron chi connectivity index (χ0n) is 17.6. The monoisotopic (exact) mass is 398 g/mol. The van der Waals surface area contributed by atoms with E-state index in [2.05, 4.69) is 84.5 Å². The van der Waals surface area contributed by atoms with Gasteiger partial charge in [-0.2, -0.15) is 0 Å². The van der Waals surface area contributed by atoms with E-state index in [0.29, 0.717) is 0 Å². The summed E-state index contributed by atoms with van der Waals surface area (Å²) >= 11 is 0. The summed E-state index contributed by atoms with van der Waals surface area (Å²) in [7, 11) is 0. The Morgan fingerprint density at radius 2 is 1.23 bits per heavy atom. The summed E-state index contributed by atoms with van der Waals surface area (Å²) in [5.74, 6) is 0. The highest BCUT2D eigenvalue weighted by molar-refractivity contribution is 5.92. The fourth-order valence-corrected chi connectivity index (χ4v) is 4.88. The van der Waals surface area contributed by atoms with Crippen molar-refractivity contribution >= 4 is 10.9 Å². The first kappa shape index (κ1) is 18.0. The lowest BCUT2D eigenvalue weighted by Gasteiger charge is -2.22. The molecular formula is C29H22N2. The van der Waals surface area contributed by atoms with Crippen molar-refractivity contribution in [3.8, 4) is 33.4 Å². The summed E-state index contributed by atoms with van der Waals surface area (Å²) in [4.78, 5) is 8.70. The number of hydrogen-bond donors (Lipinski definition) is 0. The molecule has 5 aromatic rings. The molecule has 2 heteroatoms. The fourth-order valence-electron chi connectivity index (χ4n) is 4.88. The van der Waals surface area contributed by atoms with Crippen LogP contribution in [-0.4, -0.2) is 9.97 Å². The van der Waals surface area contributed by atoms with Crippen LogP contribution in [0, 0.1) is 0 Å². The highest BCUT2D eigenvalue weighted by atomic mass is 14.6. The Kier molecular flexibility index (Phi) is 3.85. The molecule has 31 heavy (non-hydrogen) atoms. The molecule has 3 aromatic carbocycles. The fraction of sp³-hybridized carbons (Fsp3) is 0.103. The number of fused-ring (bicyclic) bond motifs is 4. The average molecular weight is 399 g/mol. The SMILES string of the molecule is CC1(C)c2cc(-c3ccc(-c4ccncc4)cc3)ccc2-c2cc3cccnc3cc21. The van der Waals surface area contributed by atoms with Crippen molar-refractivity contribution < 1.29 is 0 Å². The van der Waals surface area contributed by atoms with Crippen LogP contribution in [0.1, 0.15) is 25.0 Å². The lowest BCUT2D eigenvalue weighted by atomic mass is 9.81. The van der Waals surface area contributed by atoms with Gasteiger partial charge < -0.3 is 0 Å². The van der Waals surface area contributed by atoms with Gasteiger partial charge in [0.2, 0.25) is 0 Å². The summed E-state index contributed by atoms with van der Waals surface area (Å²) in [5, 5.41) is 1.20. The number of nitrogens with zero attached hydrogens (tertiary/aromatic N) is 2. The topological polar surface area (TPSA) is 25.8 Å². The highest BCUT2D eigenvalue weighted by Gasteiger charge is 2.36. The van der Waals surface area contributed by atoms with Crippen LogP contribution < -0.4 is 0 Å². The summed E-state index contributed by atoms with van der Waals surface area (Å²) in [6.07, 6.45) is 5.54. The predicted molar refractivity (Wildman–Crippen MR) is 128 cm³/mol. The standard InChI is InChI=1S/C29H22N2/c1-29(2)26-17-22(20-7-5-19(6-8-20)21-11-14-30-15-12-21)9-10-24(26)25-16-23-4-3-13-31-28(23)18-27(25)29/h3-18H,1-2H3. The molecule has 2 nitrogen and oxygen atoms in total. The van der Waals surface area contributed by atoms with Gasteiger partial charge in [-0.25, -0.2) is 0 Å². The van der Waals surface area contributed by atoms with E-state index in [1.807, 2.05) is 36.8 Å². The number of aromatic nitrogens is 2. The predicted octanol–water partition coefficient (Wildman–Crippen LogP) is 7.27. The summed E-state index contributed by atoms with van der Waals surface area (Å²) < 4.78 is 0. The van der Waals surface area contributed by atoms with E-state index in [-0.39, 0.29) is 5.41 Å². The Bertz CT molecular complexity index is 1430. The van der Waals surface area contributed by atoms with Crippen molar-refractivity contribution in [2.45, 2.75) is 19.3 Å². The number of rotatable bonds is 2. The van der Waals surface area contributed by atoms with Gasteiger partial charge in [0.05, 0.1) is 5.52 Å². The van der Waals surface area contributed by atoms with E-state index in [4.69, 9.17) is 0 Å². The molecule has 0 unspecified atom stereocenters. The van der Waals surface area contributed by atoms with Crippen LogP contribution in [0.25, 0.3) is 44.3 Å². The zero-order chi connectivity index (χ0) is 21.0. The molecule has 0 radical (unpaired) electrons. The van der Waals surface area contributed by atoms with Gasteiger partial charge in [-0.1, -0.05) is 56.3 Å². The molecule has 0 atom stereocenters. The van der Waals surface area contributed by atoms with Crippen molar-refractivity contribution in [1.82, 2.24) is 9.97 Å². The van der Waals surface area contributed by atoms with Gasteiger partial charge in [0.1, 0.15) is 0 Å². The quantitative estimate of drug-likeness (QED) is 0.312. The first-order chi connectivity index (χ1) is 15.1. The first-order valence-electron chi connectivity index (χ1n) is 10.7. The van der Waals surface area contributed by atoms with Gasteiger partial charge in [-0.15, -0.1) is 0 Å². The molecule has 0 amide bonds. The Labute approximate surface area is 182 Å². The molecular weight excluding hydrogens is 376 g/mol. The van der Waals surface area contributed by atoms with E-state index in [1.165, 1.54) is 49.9 Å². The molecule has 0 fully saturated rings. The molecule has 1 aliphatic carbocycles. The largest absolute Gasteiger partial charge is 0.265 e. The van der Waals surface area contributed by atoms with Crippen molar-refractivity contribution in [2.75, 3.05) is 0 Å². The normalized spacial score (nSPS) is 13.7. The molecule has 0 spiro atoms. The lowest BCUT2D eigenvalue weighted by molar-refractivity contribution is 0.661. The maximum Gasteiger partial charge on any atom is 0.0705 e. The summed E-state index contributed by atoms with van der Waals surface area (Å²) in [6.45, 7) is 4.64. The van der Waals surface area contributed by atoms with Gasteiger partial charge in [-0.05, 0) is 80.9 Å². The Balaban J connectivity index is 1.44. The van der Waals surface area contributed by atoms with Gasteiger partial charge in [0, 0.05) is 29.4 Å². The van der Waals surface area contributed by atoms with Gasteiger partial charge >= 0.3 is 0 Å². The Morgan fingerprint density at radius 1 is 0.581 bits per heavy atom. The maximum atomic E-state index is 4.58. The summed E-state index contributed by atoms with van der Waals surface area (Å²) in [5.41, 5.74) is 11.3. The molecule has 1 aliphatic rings. The Morgan fingerprint density at radius 3 is 2.00 bits per heavy atom. The second-order valence-electron chi connectivity index (χ2n) is 8.79. The molecule has 148 valence electrons. The van der Waals surface area contributed by atoms with E-state index >= 15 is 0 Å². The first-order valence-corrected chi connectivity index (χ1v) is 10.7. The molecule has 0 N–H and O–H groups in total. The van der Waals surface area contributed by atoms with Crippen molar-refractivity contribution in [3.63, 3.8) is 0 Å². The molecule has 2 heterocycles. The third kappa shape index (κ3) is 2.79. The zero-order valence-corrected chi connectivity index (χ0v) is 17.6. The van der Waals surface area contributed by atoms with Gasteiger partial charge in [0.15, 0.2) is 0 Å².